The van der Waals surface area contributed by atoms with E-state index in [0.717, 1.165) is 0 Å². The number of β-amino-alcohol motifs (C(OH)–C–C–N with tert-alkyl or cyclic N) is 1. The third kappa shape index (κ3) is 3.05. The van der Waals surface area contributed by atoms with E-state index in [1.54, 1.807) is 24.3 Å². The lowest BCUT2D eigenvalue weighted by atomic mass is 10.1. The van der Waals surface area contributed by atoms with Crippen LogP contribution in [0.2, 0.25) is 5.02 Å². The molecule has 0 aliphatic carbocycles. The summed E-state index contributed by atoms with van der Waals surface area (Å²) in [6.07, 6.45) is -0.670. The second kappa shape index (κ2) is 5.59. The number of aliphatic hydroxyl groups is 1. The van der Waals surface area contributed by atoms with Crippen LogP contribution in [0.25, 0.3) is 0 Å². The van der Waals surface area contributed by atoms with E-state index in [1.165, 1.54) is 4.90 Å². The van der Waals surface area contributed by atoms with E-state index in [4.69, 9.17) is 16.7 Å². The maximum atomic E-state index is 12.1. The Kier molecular flexibility index (Phi) is 4.07. The monoisotopic (exact) mass is 283 g/mol. The van der Waals surface area contributed by atoms with Crippen LogP contribution in [0.5, 0.6) is 0 Å². The number of halogens is 1. The molecule has 19 heavy (non-hydrogen) atoms. The fourth-order valence-electron chi connectivity index (χ4n) is 2.23. The van der Waals surface area contributed by atoms with Crippen molar-refractivity contribution in [3.63, 3.8) is 0 Å². The van der Waals surface area contributed by atoms with Crippen LogP contribution in [0.3, 0.4) is 0 Å². The van der Waals surface area contributed by atoms with E-state index in [-0.39, 0.29) is 25.3 Å². The minimum atomic E-state index is -1.09. The second-order valence-corrected chi connectivity index (χ2v) is 4.97. The molecule has 1 aromatic rings. The smallest absolute Gasteiger partial charge is 0.326 e. The summed E-state index contributed by atoms with van der Waals surface area (Å²) < 4.78 is 0. The molecule has 6 heteroatoms. The molecule has 2 atom stereocenters. The Labute approximate surface area is 115 Å². The Morgan fingerprint density at radius 3 is 2.68 bits per heavy atom. The molecule has 1 aliphatic rings. The van der Waals surface area contributed by atoms with E-state index in [1.807, 2.05) is 0 Å². The highest BCUT2D eigenvalue weighted by molar-refractivity contribution is 6.31. The van der Waals surface area contributed by atoms with Gasteiger partial charge in [0.05, 0.1) is 12.5 Å². The highest BCUT2D eigenvalue weighted by Crippen LogP contribution is 2.21. The summed E-state index contributed by atoms with van der Waals surface area (Å²) in [5.41, 5.74) is 0.652. The first kappa shape index (κ1) is 13.8. The number of nitrogens with zero attached hydrogens (tertiary/aromatic N) is 1. The van der Waals surface area contributed by atoms with Crippen LogP contribution in [-0.4, -0.2) is 45.7 Å². The van der Waals surface area contributed by atoms with Crippen molar-refractivity contribution >= 4 is 23.5 Å². The molecule has 1 fully saturated rings. The Balaban J connectivity index is 2.11. The number of likely N-dealkylation sites (tertiary alicyclic amines) is 1. The second-order valence-electron chi connectivity index (χ2n) is 4.56. The van der Waals surface area contributed by atoms with Crippen molar-refractivity contribution < 1.29 is 19.8 Å². The van der Waals surface area contributed by atoms with Gasteiger partial charge in [0, 0.05) is 18.0 Å². The van der Waals surface area contributed by atoms with Gasteiger partial charge in [-0.2, -0.15) is 0 Å². The molecule has 0 unspecified atom stereocenters. The molecular formula is C13H14ClNO4. The summed E-state index contributed by atoms with van der Waals surface area (Å²) in [6, 6.07) is 5.98. The number of carbonyl (C=O) groups is 2. The van der Waals surface area contributed by atoms with Crippen LogP contribution in [0.4, 0.5) is 0 Å². The average Bonchev–Trinajstić information content (AvgIpc) is 2.74. The molecule has 1 saturated heterocycles. The quantitative estimate of drug-likeness (QED) is 0.865. The maximum Gasteiger partial charge on any atom is 0.326 e. The fraction of sp³-hybridized carbons (Fsp3) is 0.385. The predicted octanol–water partition coefficient (Wildman–Crippen LogP) is 0.929. The number of benzene rings is 1. The van der Waals surface area contributed by atoms with E-state index in [2.05, 4.69) is 0 Å². The van der Waals surface area contributed by atoms with Crippen molar-refractivity contribution in [3.8, 4) is 0 Å². The molecule has 5 nitrogen and oxygen atoms in total. The van der Waals surface area contributed by atoms with Gasteiger partial charge in [-0.1, -0.05) is 29.8 Å². The largest absolute Gasteiger partial charge is 0.480 e. The highest BCUT2D eigenvalue weighted by atomic mass is 35.5. The lowest BCUT2D eigenvalue weighted by Gasteiger charge is -2.21. The number of hydrogen-bond donors (Lipinski definition) is 2. The van der Waals surface area contributed by atoms with Gasteiger partial charge in [0.15, 0.2) is 0 Å². The number of amides is 1. The Morgan fingerprint density at radius 1 is 1.37 bits per heavy atom. The minimum absolute atomic E-state index is 0.0379. The first-order valence-electron chi connectivity index (χ1n) is 5.92. The van der Waals surface area contributed by atoms with E-state index in [9.17, 15) is 14.7 Å². The summed E-state index contributed by atoms with van der Waals surface area (Å²) in [5.74, 6) is -1.43. The van der Waals surface area contributed by atoms with Crippen LogP contribution in [0, 0.1) is 0 Å². The van der Waals surface area contributed by atoms with E-state index in [0.29, 0.717) is 10.6 Å². The van der Waals surface area contributed by atoms with Crippen molar-refractivity contribution in [2.45, 2.75) is 25.0 Å². The summed E-state index contributed by atoms with van der Waals surface area (Å²) in [4.78, 5) is 24.4. The lowest BCUT2D eigenvalue weighted by molar-refractivity contribution is -0.148. The number of carboxylic acids is 1. The van der Waals surface area contributed by atoms with Gasteiger partial charge in [-0.25, -0.2) is 4.79 Å². The molecule has 1 aromatic carbocycles. The lowest BCUT2D eigenvalue weighted by Crippen LogP contribution is -2.41. The fourth-order valence-corrected chi connectivity index (χ4v) is 2.43. The van der Waals surface area contributed by atoms with Crippen molar-refractivity contribution in [1.82, 2.24) is 4.90 Å². The van der Waals surface area contributed by atoms with Crippen LogP contribution in [0.15, 0.2) is 24.3 Å². The number of aliphatic carboxylic acids is 1. The SMILES string of the molecule is O=C(O)[C@@H]1C[C@H](O)CN1C(=O)Cc1ccccc1Cl. The number of hydrogen-bond acceptors (Lipinski definition) is 3. The average molecular weight is 284 g/mol. The molecule has 0 aromatic heterocycles. The summed E-state index contributed by atoms with van der Waals surface area (Å²) in [5, 5.41) is 19.0. The predicted molar refractivity (Wildman–Crippen MR) is 68.9 cm³/mol. The maximum absolute atomic E-state index is 12.1. The normalized spacial score (nSPS) is 22.5. The van der Waals surface area contributed by atoms with E-state index >= 15 is 0 Å². The Hall–Kier alpha value is -1.59. The highest BCUT2D eigenvalue weighted by Gasteiger charge is 2.38. The van der Waals surface area contributed by atoms with Crippen LogP contribution < -0.4 is 0 Å². The first-order valence-corrected chi connectivity index (χ1v) is 6.30. The Bertz CT molecular complexity index is 505. The van der Waals surface area contributed by atoms with Crippen LogP contribution in [-0.2, 0) is 16.0 Å². The summed E-state index contributed by atoms with van der Waals surface area (Å²) in [7, 11) is 0. The molecule has 1 aliphatic heterocycles. The molecule has 2 rings (SSSR count). The van der Waals surface area contributed by atoms with Crippen molar-refractivity contribution in [3.05, 3.63) is 34.9 Å². The molecule has 1 heterocycles. The molecular weight excluding hydrogens is 270 g/mol. The molecule has 0 radical (unpaired) electrons. The third-order valence-corrected chi connectivity index (χ3v) is 3.55. The van der Waals surface area contributed by atoms with Gasteiger partial charge < -0.3 is 15.1 Å². The topological polar surface area (TPSA) is 77.8 Å². The van der Waals surface area contributed by atoms with Gasteiger partial charge in [-0.15, -0.1) is 0 Å². The van der Waals surface area contributed by atoms with Crippen molar-refractivity contribution in [1.29, 1.82) is 0 Å². The van der Waals surface area contributed by atoms with Crippen LogP contribution >= 0.6 is 11.6 Å². The molecule has 1 amide bonds. The zero-order chi connectivity index (χ0) is 14.0. The molecule has 102 valence electrons. The summed E-state index contributed by atoms with van der Waals surface area (Å²) >= 11 is 5.97. The van der Waals surface area contributed by atoms with E-state index < -0.39 is 18.1 Å². The first-order chi connectivity index (χ1) is 8.99. The summed E-state index contributed by atoms with van der Waals surface area (Å²) in [6.45, 7) is 0.0558. The van der Waals surface area contributed by atoms with Gasteiger partial charge in [0.1, 0.15) is 6.04 Å². The number of aliphatic hydroxyl groups excluding tert-OH is 1. The van der Waals surface area contributed by atoms with Gasteiger partial charge in [-0.05, 0) is 11.6 Å². The standard InChI is InChI=1S/C13H14ClNO4/c14-10-4-2-1-3-8(10)5-12(17)15-7-9(16)6-11(15)13(18)19/h1-4,9,11,16H,5-7H2,(H,18,19)/t9-,11-/m0/s1. The number of carboxylic acid groups (broad SMARTS) is 1. The number of carbonyl (C=O) groups excluding carboxylic acids is 1. The van der Waals surface area contributed by atoms with Crippen molar-refractivity contribution in [2.24, 2.45) is 0 Å². The zero-order valence-corrected chi connectivity index (χ0v) is 10.9. The Morgan fingerprint density at radius 2 is 2.05 bits per heavy atom. The van der Waals surface area contributed by atoms with Gasteiger partial charge in [-0.3, -0.25) is 4.79 Å². The molecule has 0 bridgehead atoms. The van der Waals surface area contributed by atoms with Crippen molar-refractivity contribution in [2.75, 3.05) is 6.54 Å². The number of rotatable bonds is 3. The minimum Gasteiger partial charge on any atom is -0.480 e. The van der Waals surface area contributed by atoms with Gasteiger partial charge in [0.2, 0.25) is 5.91 Å². The van der Waals surface area contributed by atoms with Crippen LogP contribution in [0.1, 0.15) is 12.0 Å². The molecule has 0 saturated carbocycles. The third-order valence-electron chi connectivity index (χ3n) is 3.18. The molecule has 2 N–H and O–H groups in total. The molecule has 0 spiro atoms. The zero-order valence-electron chi connectivity index (χ0n) is 10.1. The van der Waals surface area contributed by atoms with Gasteiger partial charge in [0.25, 0.3) is 0 Å². The van der Waals surface area contributed by atoms with Gasteiger partial charge >= 0.3 is 5.97 Å².